The van der Waals surface area contributed by atoms with E-state index in [1.54, 1.807) is 24.8 Å². The third-order valence-electron chi connectivity index (χ3n) is 4.69. The number of benzene rings is 1. The standard InChI is InChI=1S/C18H23FN2O3/c1-10(2)18(24)21-8-14(15(22)9-21)20-17(23)12-4-3-5-13(19)16(12)11-6-7-11/h3-5,10-11,14-15,22H,6-9H2,1-2H3,(H,20,23)/t14-,15-/m1/s1. The van der Waals surface area contributed by atoms with Gasteiger partial charge in [0.2, 0.25) is 5.91 Å². The molecule has 2 N–H and O–H groups in total. The lowest BCUT2D eigenvalue weighted by atomic mass is 10.0. The van der Waals surface area contributed by atoms with Gasteiger partial charge in [-0.3, -0.25) is 9.59 Å². The molecule has 1 saturated carbocycles. The summed E-state index contributed by atoms with van der Waals surface area (Å²) in [5.41, 5.74) is 0.802. The lowest BCUT2D eigenvalue weighted by Crippen LogP contribution is -2.43. The number of hydrogen-bond donors (Lipinski definition) is 2. The second-order valence-corrected chi connectivity index (χ2v) is 7.02. The minimum Gasteiger partial charge on any atom is -0.389 e. The van der Waals surface area contributed by atoms with E-state index >= 15 is 0 Å². The van der Waals surface area contributed by atoms with Crippen molar-refractivity contribution < 1.29 is 19.1 Å². The van der Waals surface area contributed by atoms with Crippen LogP contribution in [0, 0.1) is 11.7 Å². The average molecular weight is 334 g/mol. The molecule has 0 aromatic heterocycles. The van der Waals surface area contributed by atoms with Crippen molar-refractivity contribution in [1.29, 1.82) is 0 Å². The number of amides is 2. The molecule has 6 heteroatoms. The van der Waals surface area contributed by atoms with Crippen molar-refractivity contribution in [3.05, 3.63) is 35.1 Å². The van der Waals surface area contributed by atoms with E-state index in [0.29, 0.717) is 11.1 Å². The van der Waals surface area contributed by atoms with Gasteiger partial charge < -0.3 is 15.3 Å². The maximum atomic E-state index is 14.1. The highest BCUT2D eigenvalue weighted by atomic mass is 19.1. The lowest BCUT2D eigenvalue weighted by Gasteiger charge is -2.19. The molecule has 1 heterocycles. The Hall–Kier alpha value is -1.95. The SMILES string of the molecule is CC(C)C(=O)N1C[C@@H](O)[C@H](NC(=O)c2cccc(F)c2C2CC2)C1. The molecule has 2 fully saturated rings. The Labute approximate surface area is 140 Å². The Morgan fingerprint density at radius 2 is 2.00 bits per heavy atom. The van der Waals surface area contributed by atoms with Crippen LogP contribution in [0.25, 0.3) is 0 Å². The van der Waals surface area contributed by atoms with Gasteiger partial charge in [-0.15, -0.1) is 0 Å². The molecule has 5 nitrogen and oxygen atoms in total. The van der Waals surface area contributed by atoms with Crippen LogP contribution in [0.4, 0.5) is 4.39 Å². The van der Waals surface area contributed by atoms with Gasteiger partial charge in [-0.1, -0.05) is 19.9 Å². The van der Waals surface area contributed by atoms with Crippen molar-refractivity contribution in [3.63, 3.8) is 0 Å². The number of aliphatic hydroxyl groups is 1. The van der Waals surface area contributed by atoms with Gasteiger partial charge in [0.15, 0.2) is 0 Å². The molecule has 0 bridgehead atoms. The fraction of sp³-hybridized carbons (Fsp3) is 0.556. The van der Waals surface area contributed by atoms with Gasteiger partial charge in [0.1, 0.15) is 5.82 Å². The largest absolute Gasteiger partial charge is 0.389 e. The van der Waals surface area contributed by atoms with E-state index in [2.05, 4.69) is 5.32 Å². The van der Waals surface area contributed by atoms with Gasteiger partial charge in [0, 0.05) is 30.1 Å². The molecule has 1 aliphatic heterocycles. The summed E-state index contributed by atoms with van der Waals surface area (Å²) in [7, 11) is 0. The Morgan fingerprint density at radius 3 is 2.62 bits per heavy atom. The first kappa shape index (κ1) is 16.9. The fourth-order valence-corrected chi connectivity index (χ4v) is 3.24. The Balaban J connectivity index is 1.72. The molecular weight excluding hydrogens is 311 g/mol. The van der Waals surface area contributed by atoms with Crippen LogP contribution in [0.5, 0.6) is 0 Å². The Morgan fingerprint density at radius 1 is 1.29 bits per heavy atom. The van der Waals surface area contributed by atoms with Crippen molar-refractivity contribution in [2.24, 2.45) is 5.92 Å². The van der Waals surface area contributed by atoms with Crippen molar-refractivity contribution >= 4 is 11.8 Å². The maximum Gasteiger partial charge on any atom is 0.252 e. The summed E-state index contributed by atoms with van der Waals surface area (Å²) in [6.07, 6.45) is 0.975. The van der Waals surface area contributed by atoms with E-state index in [-0.39, 0.29) is 42.6 Å². The van der Waals surface area contributed by atoms with Gasteiger partial charge in [0.25, 0.3) is 5.91 Å². The topological polar surface area (TPSA) is 69.6 Å². The second-order valence-electron chi connectivity index (χ2n) is 7.02. The number of nitrogens with zero attached hydrogens (tertiary/aromatic N) is 1. The number of rotatable bonds is 4. The highest BCUT2D eigenvalue weighted by molar-refractivity contribution is 5.96. The van der Waals surface area contributed by atoms with E-state index in [1.807, 2.05) is 0 Å². The van der Waals surface area contributed by atoms with Crippen molar-refractivity contribution in [2.75, 3.05) is 13.1 Å². The molecule has 2 aliphatic rings. The minimum absolute atomic E-state index is 0.0461. The molecule has 1 saturated heterocycles. The van der Waals surface area contributed by atoms with Crippen molar-refractivity contribution in [3.8, 4) is 0 Å². The van der Waals surface area contributed by atoms with Crippen LogP contribution in [-0.4, -0.2) is 47.1 Å². The van der Waals surface area contributed by atoms with Gasteiger partial charge in [0.05, 0.1) is 12.1 Å². The molecule has 24 heavy (non-hydrogen) atoms. The maximum absolute atomic E-state index is 14.1. The van der Waals surface area contributed by atoms with Crippen LogP contribution in [0.1, 0.15) is 48.5 Å². The van der Waals surface area contributed by atoms with E-state index in [1.165, 1.54) is 12.1 Å². The number of carbonyl (C=O) groups is 2. The third-order valence-corrected chi connectivity index (χ3v) is 4.69. The summed E-state index contributed by atoms with van der Waals surface area (Å²) in [4.78, 5) is 26.2. The number of aliphatic hydroxyl groups excluding tert-OH is 1. The highest BCUT2D eigenvalue weighted by Crippen LogP contribution is 2.42. The van der Waals surface area contributed by atoms with Gasteiger partial charge in [-0.2, -0.15) is 0 Å². The third kappa shape index (κ3) is 3.29. The number of carbonyl (C=O) groups excluding carboxylic acids is 2. The monoisotopic (exact) mass is 334 g/mol. The predicted octanol–water partition coefficient (Wildman–Crippen LogP) is 1.66. The predicted molar refractivity (Wildman–Crippen MR) is 87.1 cm³/mol. The van der Waals surface area contributed by atoms with Crippen molar-refractivity contribution in [2.45, 2.75) is 44.8 Å². The number of nitrogens with one attached hydrogen (secondary N) is 1. The number of halogens is 1. The second kappa shape index (κ2) is 6.51. The van der Waals surface area contributed by atoms with Crippen LogP contribution in [0.2, 0.25) is 0 Å². The Bertz CT molecular complexity index is 658. The number of hydrogen-bond acceptors (Lipinski definition) is 3. The zero-order valence-electron chi connectivity index (χ0n) is 14.0. The van der Waals surface area contributed by atoms with Gasteiger partial charge in [-0.05, 0) is 30.9 Å². The molecular formula is C18H23FN2O3. The van der Waals surface area contributed by atoms with Crippen molar-refractivity contribution in [1.82, 2.24) is 10.2 Å². The van der Waals surface area contributed by atoms with Crippen LogP contribution in [0.3, 0.4) is 0 Å². The fourth-order valence-electron chi connectivity index (χ4n) is 3.24. The zero-order chi connectivity index (χ0) is 17.4. The molecule has 0 spiro atoms. The summed E-state index contributed by atoms with van der Waals surface area (Å²) >= 11 is 0. The molecule has 1 aliphatic carbocycles. The molecule has 130 valence electrons. The van der Waals surface area contributed by atoms with Crippen LogP contribution in [-0.2, 0) is 4.79 Å². The average Bonchev–Trinajstić information content (AvgIpc) is 3.30. The summed E-state index contributed by atoms with van der Waals surface area (Å²) < 4.78 is 14.1. The lowest BCUT2D eigenvalue weighted by molar-refractivity contribution is -0.133. The first-order valence-electron chi connectivity index (χ1n) is 8.44. The first-order chi connectivity index (χ1) is 11.4. The number of likely N-dealkylation sites (tertiary alicyclic amines) is 1. The van der Waals surface area contributed by atoms with Crippen LogP contribution in [0.15, 0.2) is 18.2 Å². The molecule has 0 unspecified atom stereocenters. The van der Waals surface area contributed by atoms with E-state index in [4.69, 9.17) is 0 Å². The molecule has 2 atom stereocenters. The highest BCUT2D eigenvalue weighted by Gasteiger charge is 2.37. The summed E-state index contributed by atoms with van der Waals surface area (Å²) in [5.74, 6) is -0.834. The van der Waals surface area contributed by atoms with Gasteiger partial charge >= 0.3 is 0 Å². The van der Waals surface area contributed by atoms with E-state index in [0.717, 1.165) is 12.8 Å². The molecule has 0 radical (unpaired) electrons. The number of β-amino-alcohol motifs (C(OH)–C–C–N with tert-alkyl or cyclic N) is 1. The summed E-state index contributed by atoms with van der Waals surface area (Å²) in [5, 5.41) is 12.9. The minimum atomic E-state index is -0.811. The Kier molecular flexibility index (Phi) is 4.58. The van der Waals surface area contributed by atoms with Crippen LogP contribution >= 0.6 is 0 Å². The normalized spacial score (nSPS) is 23.6. The van der Waals surface area contributed by atoms with E-state index < -0.39 is 12.1 Å². The smallest absolute Gasteiger partial charge is 0.252 e. The van der Waals surface area contributed by atoms with Crippen LogP contribution < -0.4 is 5.32 Å². The van der Waals surface area contributed by atoms with E-state index in [9.17, 15) is 19.1 Å². The zero-order valence-corrected chi connectivity index (χ0v) is 14.0. The summed E-state index contributed by atoms with van der Waals surface area (Å²) in [6, 6.07) is 3.98. The quantitative estimate of drug-likeness (QED) is 0.880. The first-order valence-corrected chi connectivity index (χ1v) is 8.44. The molecule has 1 aromatic rings. The molecule has 1 aromatic carbocycles. The summed E-state index contributed by atoms with van der Waals surface area (Å²) in [6.45, 7) is 4.09. The molecule has 2 amide bonds. The van der Waals surface area contributed by atoms with Gasteiger partial charge in [-0.25, -0.2) is 4.39 Å². The molecule has 3 rings (SSSR count).